The van der Waals surface area contributed by atoms with E-state index < -0.39 is 6.10 Å². The molecule has 1 atom stereocenters. The lowest BCUT2D eigenvalue weighted by atomic mass is 10.3. The van der Waals surface area contributed by atoms with Gasteiger partial charge < -0.3 is 20.9 Å². The second kappa shape index (κ2) is 5.92. The van der Waals surface area contributed by atoms with Gasteiger partial charge in [0, 0.05) is 26.4 Å². The summed E-state index contributed by atoms with van der Waals surface area (Å²) in [7, 11) is 1.64. The Morgan fingerprint density at radius 3 is 3.14 bits per heavy atom. The van der Waals surface area contributed by atoms with E-state index in [1.54, 1.807) is 13.3 Å². The van der Waals surface area contributed by atoms with Crippen molar-refractivity contribution < 1.29 is 9.84 Å². The van der Waals surface area contributed by atoms with Gasteiger partial charge in [0.25, 0.3) is 0 Å². The van der Waals surface area contributed by atoms with Gasteiger partial charge in [-0.1, -0.05) is 11.3 Å². The van der Waals surface area contributed by atoms with Gasteiger partial charge >= 0.3 is 0 Å². The molecule has 1 unspecified atom stereocenters. The molecule has 5 nitrogen and oxygen atoms in total. The third-order valence-electron chi connectivity index (χ3n) is 1.69. The zero-order valence-corrected chi connectivity index (χ0v) is 8.88. The summed E-state index contributed by atoms with van der Waals surface area (Å²) in [6.07, 6.45) is 1.06. The molecule has 4 N–H and O–H groups in total. The number of aliphatic hydroxyl groups is 1. The molecular weight excluding hydrogens is 202 g/mol. The molecule has 1 heterocycles. The van der Waals surface area contributed by atoms with Crippen molar-refractivity contribution in [3.63, 3.8) is 0 Å². The third kappa shape index (κ3) is 3.59. The predicted octanol–water partition coefficient (Wildman–Crippen LogP) is -0.00530. The molecule has 0 aliphatic carbocycles. The van der Waals surface area contributed by atoms with Crippen LogP contribution in [0, 0.1) is 0 Å². The smallest absolute Gasteiger partial charge is 0.180 e. The van der Waals surface area contributed by atoms with Gasteiger partial charge in [-0.25, -0.2) is 4.98 Å². The summed E-state index contributed by atoms with van der Waals surface area (Å²) < 4.78 is 4.86. The molecule has 0 radical (unpaired) electrons. The summed E-state index contributed by atoms with van der Waals surface area (Å²) >= 11 is 1.31. The molecule has 6 heteroatoms. The number of aliphatic hydroxyl groups excluding tert-OH is 1. The molecule has 0 aliphatic heterocycles. The van der Waals surface area contributed by atoms with Gasteiger partial charge in [0.1, 0.15) is 6.10 Å². The molecule has 0 fully saturated rings. The van der Waals surface area contributed by atoms with Crippen LogP contribution in [-0.2, 0) is 4.74 Å². The van der Waals surface area contributed by atoms with Gasteiger partial charge in [-0.3, -0.25) is 0 Å². The quantitative estimate of drug-likeness (QED) is 0.584. The number of rotatable bonds is 6. The highest BCUT2D eigenvalue weighted by Crippen LogP contribution is 2.21. The van der Waals surface area contributed by atoms with E-state index in [0.717, 1.165) is 11.4 Å². The van der Waals surface area contributed by atoms with Gasteiger partial charge in [0.05, 0.1) is 11.5 Å². The molecular formula is C8H15N3O2S. The zero-order chi connectivity index (χ0) is 10.4. The Morgan fingerprint density at radius 2 is 2.57 bits per heavy atom. The summed E-state index contributed by atoms with van der Waals surface area (Å²) in [6.45, 7) is 1.85. The van der Waals surface area contributed by atoms with Crippen LogP contribution in [0.2, 0.25) is 0 Å². The maximum absolute atomic E-state index is 9.64. The number of anilines is 1. The largest absolute Gasteiger partial charge is 0.386 e. The Hall–Kier alpha value is -0.690. The average Bonchev–Trinajstić information content (AvgIpc) is 2.59. The summed E-state index contributed by atoms with van der Waals surface area (Å²) in [6, 6.07) is 0. The molecule has 14 heavy (non-hydrogen) atoms. The summed E-state index contributed by atoms with van der Waals surface area (Å²) in [5.74, 6) is 0. The molecule has 80 valence electrons. The number of thiazole rings is 1. The van der Waals surface area contributed by atoms with Crippen LogP contribution in [0.1, 0.15) is 11.0 Å². The molecule has 0 aromatic carbocycles. The first-order valence-electron chi connectivity index (χ1n) is 4.33. The molecule has 0 saturated heterocycles. The van der Waals surface area contributed by atoms with Gasteiger partial charge in [-0.2, -0.15) is 0 Å². The van der Waals surface area contributed by atoms with Crippen LogP contribution >= 0.6 is 11.3 Å². The van der Waals surface area contributed by atoms with Crippen molar-refractivity contribution >= 4 is 16.5 Å². The van der Waals surface area contributed by atoms with Crippen molar-refractivity contribution in [2.24, 2.45) is 0 Å². The SMILES string of the molecule is COCCNCC(O)c1cnc(N)s1. The maximum Gasteiger partial charge on any atom is 0.180 e. The molecule has 0 spiro atoms. The van der Waals surface area contributed by atoms with Crippen molar-refractivity contribution in [3.8, 4) is 0 Å². The van der Waals surface area contributed by atoms with E-state index in [0.29, 0.717) is 18.3 Å². The highest BCUT2D eigenvalue weighted by atomic mass is 32.1. The van der Waals surface area contributed by atoms with Gasteiger partial charge in [-0.05, 0) is 0 Å². The lowest BCUT2D eigenvalue weighted by Gasteiger charge is -2.08. The third-order valence-corrected chi connectivity index (χ3v) is 2.62. The average molecular weight is 217 g/mol. The number of hydrogen-bond donors (Lipinski definition) is 3. The second-order valence-corrected chi connectivity index (χ2v) is 3.91. The van der Waals surface area contributed by atoms with Crippen molar-refractivity contribution in [2.75, 3.05) is 32.5 Å². The number of methoxy groups -OCH3 is 1. The second-order valence-electron chi connectivity index (χ2n) is 2.81. The standard InChI is InChI=1S/C8H15N3O2S/c1-13-3-2-10-4-6(12)7-5-11-8(9)14-7/h5-6,10,12H,2-4H2,1H3,(H2,9,11). The summed E-state index contributed by atoms with van der Waals surface area (Å²) in [5.41, 5.74) is 5.45. The van der Waals surface area contributed by atoms with Crippen LogP contribution in [0.15, 0.2) is 6.20 Å². The number of aromatic nitrogens is 1. The van der Waals surface area contributed by atoms with Crippen LogP contribution in [0.5, 0.6) is 0 Å². The Morgan fingerprint density at radius 1 is 1.79 bits per heavy atom. The summed E-state index contributed by atoms with van der Waals surface area (Å²) in [4.78, 5) is 4.65. The monoisotopic (exact) mass is 217 g/mol. The Kier molecular flexibility index (Phi) is 4.81. The minimum atomic E-state index is -0.540. The van der Waals surface area contributed by atoms with E-state index in [1.807, 2.05) is 0 Å². The van der Waals surface area contributed by atoms with E-state index in [9.17, 15) is 5.11 Å². The topological polar surface area (TPSA) is 80.4 Å². The van der Waals surface area contributed by atoms with Gasteiger partial charge in [0.15, 0.2) is 5.13 Å². The van der Waals surface area contributed by atoms with Crippen LogP contribution in [0.25, 0.3) is 0 Å². The fourth-order valence-corrected chi connectivity index (χ4v) is 1.64. The van der Waals surface area contributed by atoms with Gasteiger partial charge in [0.2, 0.25) is 0 Å². The van der Waals surface area contributed by atoms with E-state index in [4.69, 9.17) is 10.5 Å². The fraction of sp³-hybridized carbons (Fsp3) is 0.625. The number of nitrogens with zero attached hydrogens (tertiary/aromatic N) is 1. The van der Waals surface area contributed by atoms with Crippen LogP contribution in [0.4, 0.5) is 5.13 Å². The van der Waals surface area contributed by atoms with E-state index >= 15 is 0 Å². The first-order valence-corrected chi connectivity index (χ1v) is 5.14. The number of nitrogens with two attached hydrogens (primary N) is 1. The van der Waals surface area contributed by atoms with Crippen molar-refractivity contribution in [1.29, 1.82) is 0 Å². The first-order chi connectivity index (χ1) is 6.74. The lowest BCUT2D eigenvalue weighted by Crippen LogP contribution is -2.24. The predicted molar refractivity (Wildman–Crippen MR) is 56.2 cm³/mol. The Balaban J connectivity index is 2.25. The lowest BCUT2D eigenvalue weighted by molar-refractivity contribution is 0.164. The highest BCUT2D eigenvalue weighted by Gasteiger charge is 2.09. The van der Waals surface area contributed by atoms with E-state index in [2.05, 4.69) is 10.3 Å². The summed E-state index contributed by atoms with van der Waals surface area (Å²) in [5, 5.41) is 13.2. The van der Waals surface area contributed by atoms with E-state index in [-0.39, 0.29) is 0 Å². The van der Waals surface area contributed by atoms with Crippen LogP contribution in [-0.4, -0.2) is 36.9 Å². The number of nitrogens with one attached hydrogen (secondary N) is 1. The molecule has 1 rings (SSSR count). The number of ether oxygens (including phenoxy) is 1. The molecule has 0 amide bonds. The van der Waals surface area contributed by atoms with E-state index in [1.165, 1.54) is 11.3 Å². The Labute approximate surface area is 86.9 Å². The van der Waals surface area contributed by atoms with Crippen molar-refractivity contribution in [1.82, 2.24) is 10.3 Å². The Bertz CT molecular complexity index is 267. The van der Waals surface area contributed by atoms with Crippen molar-refractivity contribution in [3.05, 3.63) is 11.1 Å². The molecule has 0 bridgehead atoms. The maximum atomic E-state index is 9.64. The fourth-order valence-electron chi connectivity index (χ4n) is 0.968. The molecule has 0 saturated carbocycles. The zero-order valence-electron chi connectivity index (χ0n) is 8.06. The molecule has 1 aromatic rings. The molecule has 0 aliphatic rings. The van der Waals surface area contributed by atoms with Crippen LogP contribution in [0.3, 0.4) is 0 Å². The highest BCUT2D eigenvalue weighted by molar-refractivity contribution is 7.15. The number of nitrogen functional groups attached to an aromatic ring is 1. The minimum absolute atomic E-state index is 0.482. The normalized spacial score (nSPS) is 13.0. The van der Waals surface area contributed by atoms with Gasteiger partial charge in [-0.15, -0.1) is 0 Å². The molecule has 1 aromatic heterocycles. The van der Waals surface area contributed by atoms with Crippen LogP contribution < -0.4 is 11.1 Å². The first kappa shape index (κ1) is 11.4. The number of hydrogen-bond acceptors (Lipinski definition) is 6. The van der Waals surface area contributed by atoms with Crippen molar-refractivity contribution in [2.45, 2.75) is 6.10 Å². The minimum Gasteiger partial charge on any atom is -0.386 e.